The molecule has 0 unspecified atom stereocenters. The molecule has 0 saturated heterocycles. The molecule has 0 fully saturated rings. The van der Waals surface area contributed by atoms with E-state index in [0.29, 0.717) is 11.1 Å². The van der Waals surface area contributed by atoms with Gasteiger partial charge in [-0.2, -0.15) is 0 Å². The van der Waals surface area contributed by atoms with E-state index in [9.17, 15) is 9.59 Å². The highest BCUT2D eigenvalue weighted by Gasteiger charge is 2.45. The van der Waals surface area contributed by atoms with Crippen molar-refractivity contribution in [3.63, 3.8) is 0 Å². The topological polar surface area (TPSA) is 71.1 Å². The van der Waals surface area contributed by atoms with E-state index in [1.807, 2.05) is 48.5 Å². The van der Waals surface area contributed by atoms with Crippen molar-refractivity contribution < 1.29 is 28.5 Å². The van der Waals surface area contributed by atoms with Crippen molar-refractivity contribution >= 4 is 11.9 Å². The van der Waals surface area contributed by atoms with Crippen LogP contribution in [0.25, 0.3) is 11.1 Å². The molecular weight excluding hydrogens is 396 g/mol. The van der Waals surface area contributed by atoms with Crippen molar-refractivity contribution in [3.05, 3.63) is 84.0 Å². The highest BCUT2D eigenvalue weighted by molar-refractivity contribution is 5.87. The first-order valence-electron chi connectivity index (χ1n) is 9.99. The molecule has 0 bridgehead atoms. The van der Waals surface area contributed by atoms with Gasteiger partial charge in [0.2, 0.25) is 5.79 Å². The monoisotopic (exact) mass is 422 g/mol. The maximum Gasteiger partial charge on any atom is 0.333 e. The van der Waals surface area contributed by atoms with Gasteiger partial charge in [-0.1, -0.05) is 61.7 Å². The second-order valence-electron chi connectivity index (χ2n) is 7.24. The van der Waals surface area contributed by atoms with Gasteiger partial charge in [-0.25, -0.2) is 9.59 Å². The molecule has 0 aliphatic heterocycles. The molecular formula is C25H26O6. The summed E-state index contributed by atoms with van der Waals surface area (Å²) in [4.78, 5) is 23.4. The normalized spacial score (nSPS) is 13.1. The van der Waals surface area contributed by atoms with E-state index < -0.39 is 17.7 Å². The van der Waals surface area contributed by atoms with E-state index in [2.05, 4.69) is 13.2 Å². The number of hydrogen-bond acceptors (Lipinski definition) is 6. The van der Waals surface area contributed by atoms with Gasteiger partial charge >= 0.3 is 11.9 Å². The minimum Gasteiger partial charge on any atom is -0.460 e. The number of carbonyl (C=O) groups is 2. The van der Waals surface area contributed by atoms with E-state index in [1.165, 1.54) is 0 Å². The van der Waals surface area contributed by atoms with Crippen LogP contribution in [0.1, 0.15) is 25.0 Å². The fourth-order valence-corrected chi connectivity index (χ4v) is 3.39. The summed E-state index contributed by atoms with van der Waals surface area (Å²) in [5.74, 6) is -2.16. The van der Waals surface area contributed by atoms with Crippen LogP contribution in [0.15, 0.2) is 72.8 Å². The third kappa shape index (κ3) is 4.76. The second kappa shape index (κ2) is 9.73. The Bertz CT molecular complexity index is 925. The Labute approximate surface area is 182 Å². The number of fused-ring (bicyclic) bond motifs is 3. The van der Waals surface area contributed by atoms with Crippen LogP contribution >= 0.6 is 0 Å². The Balaban J connectivity index is 1.83. The Morgan fingerprint density at radius 1 is 0.710 bits per heavy atom. The van der Waals surface area contributed by atoms with Crippen molar-refractivity contribution in [1.29, 1.82) is 0 Å². The molecule has 2 aromatic rings. The van der Waals surface area contributed by atoms with E-state index in [1.54, 1.807) is 13.8 Å². The molecule has 0 heterocycles. The van der Waals surface area contributed by atoms with E-state index in [-0.39, 0.29) is 26.4 Å². The molecule has 0 atom stereocenters. The quantitative estimate of drug-likeness (QED) is 0.248. The first kappa shape index (κ1) is 22.5. The zero-order chi connectivity index (χ0) is 22.4. The highest BCUT2D eigenvalue weighted by atomic mass is 16.7. The summed E-state index contributed by atoms with van der Waals surface area (Å²) >= 11 is 0. The average Bonchev–Trinajstić information content (AvgIpc) is 3.04. The van der Waals surface area contributed by atoms with Gasteiger partial charge in [0.05, 0.1) is 13.2 Å². The van der Waals surface area contributed by atoms with Crippen molar-refractivity contribution in [3.8, 4) is 11.1 Å². The molecule has 0 N–H and O–H groups in total. The molecule has 0 spiro atoms. The molecule has 31 heavy (non-hydrogen) atoms. The van der Waals surface area contributed by atoms with Crippen LogP contribution in [0, 0.1) is 0 Å². The molecule has 0 aromatic heterocycles. The van der Waals surface area contributed by atoms with E-state index in [4.69, 9.17) is 18.9 Å². The smallest absolute Gasteiger partial charge is 0.333 e. The third-order valence-electron chi connectivity index (χ3n) is 4.79. The van der Waals surface area contributed by atoms with E-state index in [0.717, 1.165) is 22.3 Å². The van der Waals surface area contributed by atoms with Gasteiger partial charge in [-0.3, -0.25) is 0 Å². The van der Waals surface area contributed by atoms with Gasteiger partial charge in [0, 0.05) is 22.3 Å². The van der Waals surface area contributed by atoms with Crippen LogP contribution in [0.2, 0.25) is 0 Å². The molecule has 0 radical (unpaired) electrons. The zero-order valence-corrected chi connectivity index (χ0v) is 17.8. The lowest BCUT2D eigenvalue weighted by Gasteiger charge is -2.32. The van der Waals surface area contributed by atoms with Gasteiger partial charge in [0.1, 0.15) is 13.2 Å². The lowest BCUT2D eigenvalue weighted by molar-refractivity contribution is -0.225. The maximum atomic E-state index is 11.7. The minimum absolute atomic E-state index is 0.0474. The average molecular weight is 422 g/mol. The molecule has 6 nitrogen and oxygen atoms in total. The molecule has 2 aromatic carbocycles. The maximum absolute atomic E-state index is 11.7. The number of ether oxygens (including phenoxy) is 4. The summed E-state index contributed by atoms with van der Waals surface area (Å²) in [5.41, 5.74) is 4.32. The van der Waals surface area contributed by atoms with Crippen LogP contribution < -0.4 is 0 Å². The number of benzene rings is 2. The van der Waals surface area contributed by atoms with Crippen LogP contribution in [-0.4, -0.2) is 38.4 Å². The molecule has 162 valence electrons. The number of esters is 2. The lowest BCUT2D eigenvalue weighted by atomic mass is 10.0. The van der Waals surface area contributed by atoms with Crippen LogP contribution in [0.3, 0.4) is 0 Å². The standard InChI is InChI=1S/C25H26O6/c1-17(2)23(26)28-13-15-30-25(31-16-14-29-24(27)18(3)4)21-11-7-5-9-19(21)20-10-6-8-12-22(20)25/h5-12H,1,3,13-16H2,2,4H3. The summed E-state index contributed by atoms with van der Waals surface area (Å²) in [6.45, 7) is 10.6. The van der Waals surface area contributed by atoms with Gasteiger partial charge in [0.15, 0.2) is 0 Å². The Kier molecular flexibility index (Phi) is 7.05. The fraction of sp³-hybridized carbons (Fsp3) is 0.280. The first-order chi connectivity index (χ1) is 14.9. The Morgan fingerprint density at radius 3 is 1.48 bits per heavy atom. The SMILES string of the molecule is C=C(C)C(=O)OCCOC1(OCCOC(=O)C(=C)C)c2ccccc2-c2ccccc21. The van der Waals surface area contributed by atoms with Crippen LogP contribution in [0.4, 0.5) is 0 Å². The Morgan fingerprint density at radius 2 is 1.10 bits per heavy atom. The van der Waals surface area contributed by atoms with Crippen molar-refractivity contribution in [2.45, 2.75) is 19.6 Å². The second-order valence-corrected chi connectivity index (χ2v) is 7.24. The Hall–Kier alpha value is -3.22. The molecule has 3 rings (SSSR count). The van der Waals surface area contributed by atoms with E-state index >= 15 is 0 Å². The predicted molar refractivity (Wildman–Crippen MR) is 116 cm³/mol. The molecule has 1 aliphatic carbocycles. The van der Waals surface area contributed by atoms with Crippen molar-refractivity contribution in [2.24, 2.45) is 0 Å². The van der Waals surface area contributed by atoms with Gasteiger partial charge < -0.3 is 18.9 Å². The van der Waals surface area contributed by atoms with Gasteiger partial charge in [-0.05, 0) is 25.0 Å². The minimum atomic E-state index is -1.21. The van der Waals surface area contributed by atoms with Crippen molar-refractivity contribution in [1.82, 2.24) is 0 Å². The van der Waals surface area contributed by atoms with Gasteiger partial charge in [-0.15, -0.1) is 0 Å². The van der Waals surface area contributed by atoms with Crippen LogP contribution in [0.5, 0.6) is 0 Å². The van der Waals surface area contributed by atoms with Crippen molar-refractivity contribution in [2.75, 3.05) is 26.4 Å². The summed E-state index contributed by atoms with van der Waals surface area (Å²) < 4.78 is 22.8. The molecule has 0 saturated carbocycles. The largest absolute Gasteiger partial charge is 0.460 e. The fourth-order valence-electron chi connectivity index (χ4n) is 3.39. The van der Waals surface area contributed by atoms with Crippen LogP contribution in [-0.2, 0) is 34.3 Å². The van der Waals surface area contributed by atoms with Gasteiger partial charge in [0.25, 0.3) is 0 Å². The summed E-state index contributed by atoms with van der Waals surface area (Å²) in [5, 5.41) is 0. The number of rotatable bonds is 10. The first-order valence-corrected chi connectivity index (χ1v) is 9.99. The molecule has 0 amide bonds. The summed E-state index contributed by atoms with van der Waals surface area (Å²) in [7, 11) is 0. The summed E-state index contributed by atoms with van der Waals surface area (Å²) in [6, 6.07) is 15.6. The third-order valence-corrected chi connectivity index (χ3v) is 4.79. The number of carbonyl (C=O) groups excluding carboxylic acids is 2. The summed E-state index contributed by atoms with van der Waals surface area (Å²) in [6.07, 6.45) is 0. The zero-order valence-electron chi connectivity index (χ0n) is 17.8. The predicted octanol–water partition coefficient (Wildman–Crippen LogP) is 4.14. The number of hydrogen-bond donors (Lipinski definition) is 0. The highest BCUT2D eigenvalue weighted by Crippen LogP contribution is 2.50. The lowest BCUT2D eigenvalue weighted by Crippen LogP contribution is -2.35. The molecule has 6 heteroatoms. The molecule has 1 aliphatic rings.